The van der Waals surface area contributed by atoms with E-state index in [1.807, 2.05) is 30.3 Å². The summed E-state index contributed by atoms with van der Waals surface area (Å²) < 4.78 is 10.5. The van der Waals surface area contributed by atoms with Crippen molar-refractivity contribution >= 4 is 29.1 Å². The number of nitrogens with zero attached hydrogens (tertiary/aromatic N) is 1. The molecule has 1 saturated heterocycles. The first-order chi connectivity index (χ1) is 13.0. The Morgan fingerprint density at radius 1 is 1.15 bits per heavy atom. The number of anilines is 1. The van der Waals surface area contributed by atoms with E-state index in [-0.39, 0.29) is 24.3 Å². The molecule has 1 aliphatic rings. The van der Waals surface area contributed by atoms with Crippen LogP contribution in [0.4, 0.5) is 5.69 Å². The summed E-state index contributed by atoms with van der Waals surface area (Å²) in [6, 6.07) is 12.4. The highest BCUT2D eigenvalue weighted by molar-refractivity contribution is 6.32. The highest BCUT2D eigenvalue weighted by atomic mass is 35.5. The standard InChI is InChI=1S/C20H21ClN2O4/c1-23-18(24)9-13(19(23)12-7-5-4-6-8-12)20(25)22-15-10-14(21)16(26-2)11-17(15)27-3/h4-8,10-11,13,19H,9H2,1-3H3,(H,22,25)/t13-,19+/m1/s1. The van der Waals surface area contributed by atoms with Gasteiger partial charge in [-0.05, 0) is 11.6 Å². The molecule has 7 heteroatoms. The Labute approximate surface area is 163 Å². The van der Waals surface area contributed by atoms with Crippen LogP contribution >= 0.6 is 11.6 Å². The molecule has 0 spiro atoms. The SMILES string of the molecule is COc1cc(OC)c(NC(=O)[C@@H]2CC(=O)N(C)[C@H]2c2ccccc2)cc1Cl. The van der Waals surface area contributed by atoms with E-state index in [2.05, 4.69) is 5.32 Å². The molecule has 2 aromatic carbocycles. The van der Waals surface area contributed by atoms with Crippen LogP contribution < -0.4 is 14.8 Å². The molecule has 0 bridgehead atoms. The fourth-order valence-electron chi connectivity index (χ4n) is 3.39. The van der Waals surface area contributed by atoms with Gasteiger partial charge in [0, 0.05) is 19.5 Å². The quantitative estimate of drug-likeness (QED) is 0.851. The van der Waals surface area contributed by atoms with Crippen LogP contribution in [0.15, 0.2) is 42.5 Å². The van der Waals surface area contributed by atoms with Crippen molar-refractivity contribution in [2.75, 3.05) is 26.6 Å². The normalized spacial score (nSPS) is 19.1. The highest BCUT2D eigenvalue weighted by Crippen LogP contribution is 2.40. The predicted octanol–water partition coefficient (Wildman–Crippen LogP) is 3.52. The number of methoxy groups -OCH3 is 2. The maximum Gasteiger partial charge on any atom is 0.230 e. The van der Waals surface area contributed by atoms with Crippen molar-refractivity contribution in [1.82, 2.24) is 4.90 Å². The number of nitrogens with one attached hydrogen (secondary N) is 1. The number of halogens is 1. The van der Waals surface area contributed by atoms with Crippen molar-refractivity contribution in [3.8, 4) is 11.5 Å². The number of rotatable bonds is 5. The highest BCUT2D eigenvalue weighted by Gasteiger charge is 2.42. The number of likely N-dealkylation sites (tertiary alicyclic amines) is 1. The third kappa shape index (κ3) is 3.71. The molecule has 1 aliphatic heterocycles. The summed E-state index contributed by atoms with van der Waals surface area (Å²) >= 11 is 6.18. The molecule has 142 valence electrons. The summed E-state index contributed by atoms with van der Waals surface area (Å²) in [6.45, 7) is 0. The maximum absolute atomic E-state index is 13.0. The Balaban J connectivity index is 1.89. The Kier molecular flexibility index (Phi) is 5.56. The van der Waals surface area contributed by atoms with Gasteiger partial charge in [-0.15, -0.1) is 0 Å². The summed E-state index contributed by atoms with van der Waals surface area (Å²) in [4.78, 5) is 26.9. The number of hydrogen-bond acceptors (Lipinski definition) is 4. The van der Waals surface area contributed by atoms with Crippen LogP contribution in [-0.2, 0) is 9.59 Å². The fourth-order valence-corrected chi connectivity index (χ4v) is 3.63. The molecular weight excluding hydrogens is 368 g/mol. The Morgan fingerprint density at radius 2 is 1.81 bits per heavy atom. The van der Waals surface area contributed by atoms with E-state index in [0.29, 0.717) is 22.2 Å². The average Bonchev–Trinajstić information content (AvgIpc) is 2.97. The summed E-state index contributed by atoms with van der Waals surface area (Å²) in [5, 5.41) is 3.21. The zero-order chi connectivity index (χ0) is 19.6. The first-order valence-electron chi connectivity index (χ1n) is 8.49. The van der Waals surface area contributed by atoms with Gasteiger partial charge in [0.2, 0.25) is 11.8 Å². The molecule has 3 rings (SSSR count). The van der Waals surface area contributed by atoms with Crippen molar-refractivity contribution in [1.29, 1.82) is 0 Å². The minimum absolute atomic E-state index is 0.0660. The van der Waals surface area contributed by atoms with Crippen molar-refractivity contribution in [2.45, 2.75) is 12.5 Å². The molecule has 27 heavy (non-hydrogen) atoms. The Bertz CT molecular complexity index is 857. The maximum atomic E-state index is 13.0. The first-order valence-corrected chi connectivity index (χ1v) is 8.87. The molecule has 1 heterocycles. The molecule has 2 atom stereocenters. The van der Waals surface area contributed by atoms with Gasteiger partial charge in [0.25, 0.3) is 0 Å². The third-order valence-corrected chi connectivity index (χ3v) is 5.09. The first kappa shape index (κ1) is 19.0. The van der Waals surface area contributed by atoms with Crippen LogP contribution in [0.3, 0.4) is 0 Å². The van der Waals surface area contributed by atoms with Crippen LogP contribution in [0.1, 0.15) is 18.0 Å². The van der Waals surface area contributed by atoms with Gasteiger partial charge in [0.15, 0.2) is 0 Å². The Hall–Kier alpha value is -2.73. The summed E-state index contributed by atoms with van der Waals surface area (Å²) in [5.41, 5.74) is 1.35. The summed E-state index contributed by atoms with van der Waals surface area (Å²) in [5.74, 6) is 0.0308. The van der Waals surface area contributed by atoms with Crippen LogP contribution in [0.25, 0.3) is 0 Å². The lowest BCUT2D eigenvalue weighted by molar-refractivity contribution is -0.127. The molecule has 1 fully saturated rings. The zero-order valence-corrected chi connectivity index (χ0v) is 16.1. The Morgan fingerprint density at radius 3 is 2.44 bits per heavy atom. The smallest absolute Gasteiger partial charge is 0.230 e. The lowest BCUT2D eigenvalue weighted by atomic mass is 9.93. The van der Waals surface area contributed by atoms with E-state index in [1.54, 1.807) is 24.1 Å². The minimum atomic E-state index is -0.518. The predicted molar refractivity (Wildman–Crippen MR) is 103 cm³/mol. The molecule has 0 unspecified atom stereocenters. The van der Waals surface area contributed by atoms with Crippen molar-refractivity contribution < 1.29 is 19.1 Å². The van der Waals surface area contributed by atoms with E-state index in [1.165, 1.54) is 14.2 Å². The van der Waals surface area contributed by atoms with Gasteiger partial charge in [0.05, 0.1) is 36.9 Å². The molecular formula is C20H21ClN2O4. The monoisotopic (exact) mass is 388 g/mol. The van der Waals surface area contributed by atoms with Crippen LogP contribution in [0.5, 0.6) is 11.5 Å². The van der Waals surface area contributed by atoms with E-state index >= 15 is 0 Å². The lowest BCUT2D eigenvalue weighted by Gasteiger charge is -2.25. The molecule has 2 aromatic rings. The number of amides is 2. The van der Waals surface area contributed by atoms with Gasteiger partial charge in [-0.25, -0.2) is 0 Å². The van der Waals surface area contributed by atoms with Gasteiger partial charge in [0.1, 0.15) is 11.5 Å². The number of carbonyl (C=O) groups is 2. The molecule has 0 saturated carbocycles. The second kappa shape index (κ2) is 7.88. The van der Waals surface area contributed by atoms with Gasteiger partial charge < -0.3 is 19.7 Å². The minimum Gasteiger partial charge on any atom is -0.495 e. The van der Waals surface area contributed by atoms with Gasteiger partial charge in [-0.1, -0.05) is 41.9 Å². The largest absolute Gasteiger partial charge is 0.495 e. The lowest BCUT2D eigenvalue weighted by Crippen LogP contribution is -2.30. The van der Waals surface area contributed by atoms with E-state index in [0.717, 1.165) is 5.56 Å². The molecule has 0 aliphatic carbocycles. The number of ether oxygens (including phenoxy) is 2. The molecule has 0 aromatic heterocycles. The van der Waals surface area contributed by atoms with E-state index in [9.17, 15) is 9.59 Å². The van der Waals surface area contributed by atoms with E-state index in [4.69, 9.17) is 21.1 Å². The second-order valence-electron chi connectivity index (χ2n) is 6.35. The van der Waals surface area contributed by atoms with Crippen LogP contribution in [0, 0.1) is 5.92 Å². The van der Waals surface area contributed by atoms with Crippen LogP contribution in [-0.4, -0.2) is 38.0 Å². The third-order valence-electron chi connectivity index (χ3n) is 4.80. The van der Waals surface area contributed by atoms with E-state index < -0.39 is 5.92 Å². The molecule has 1 N–H and O–H groups in total. The van der Waals surface area contributed by atoms with Crippen molar-refractivity contribution in [3.05, 3.63) is 53.1 Å². The van der Waals surface area contributed by atoms with Gasteiger partial charge >= 0.3 is 0 Å². The van der Waals surface area contributed by atoms with Crippen molar-refractivity contribution in [3.63, 3.8) is 0 Å². The number of hydrogen-bond donors (Lipinski definition) is 1. The summed E-state index contributed by atoms with van der Waals surface area (Å²) in [6.07, 6.45) is 0.147. The number of benzene rings is 2. The fraction of sp³-hybridized carbons (Fsp3) is 0.300. The average molecular weight is 389 g/mol. The molecule has 0 radical (unpaired) electrons. The second-order valence-corrected chi connectivity index (χ2v) is 6.75. The molecule has 6 nitrogen and oxygen atoms in total. The van der Waals surface area contributed by atoms with Crippen molar-refractivity contribution in [2.24, 2.45) is 5.92 Å². The topological polar surface area (TPSA) is 67.9 Å². The molecule has 2 amide bonds. The van der Waals surface area contributed by atoms with Gasteiger partial charge in [-0.2, -0.15) is 0 Å². The summed E-state index contributed by atoms with van der Waals surface area (Å²) in [7, 11) is 4.72. The zero-order valence-electron chi connectivity index (χ0n) is 15.4. The van der Waals surface area contributed by atoms with Gasteiger partial charge in [-0.3, -0.25) is 9.59 Å². The number of carbonyl (C=O) groups excluding carboxylic acids is 2. The van der Waals surface area contributed by atoms with Crippen LogP contribution in [0.2, 0.25) is 5.02 Å².